The Morgan fingerprint density at radius 1 is 1.35 bits per heavy atom. The number of halogens is 1. The largest absolute Gasteiger partial charge is 0.386 e. The fourth-order valence-corrected chi connectivity index (χ4v) is 2.90. The first-order valence-electron chi connectivity index (χ1n) is 6.91. The number of aromatic nitrogens is 3. The van der Waals surface area contributed by atoms with Gasteiger partial charge in [0, 0.05) is 19.2 Å². The van der Waals surface area contributed by atoms with Crippen molar-refractivity contribution in [3.8, 4) is 0 Å². The molecule has 5 heteroatoms. The second-order valence-electron chi connectivity index (χ2n) is 4.86. The molecule has 2 aromatic heterocycles. The fraction of sp³-hybridized carbons (Fsp3) is 0.467. The van der Waals surface area contributed by atoms with Crippen LogP contribution in [0.1, 0.15) is 42.6 Å². The van der Waals surface area contributed by atoms with Crippen LogP contribution in [0.2, 0.25) is 0 Å². The quantitative estimate of drug-likeness (QED) is 0.911. The van der Waals surface area contributed by atoms with Crippen molar-refractivity contribution < 1.29 is 5.11 Å². The maximum atomic E-state index is 10.4. The average molecular weight is 338 g/mol. The monoisotopic (exact) mass is 337 g/mol. The summed E-state index contributed by atoms with van der Waals surface area (Å²) in [6, 6.07) is 3.84. The van der Waals surface area contributed by atoms with Gasteiger partial charge in [0.25, 0.3) is 0 Å². The van der Waals surface area contributed by atoms with Gasteiger partial charge in [-0.3, -0.25) is 9.67 Å². The van der Waals surface area contributed by atoms with Crippen LogP contribution < -0.4 is 0 Å². The summed E-state index contributed by atoms with van der Waals surface area (Å²) >= 11 is 3.60. The minimum atomic E-state index is -0.612. The van der Waals surface area contributed by atoms with E-state index in [-0.39, 0.29) is 0 Å². The summed E-state index contributed by atoms with van der Waals surface area (Å²) in [7, 11) is 0. The molecule has 4 nitrogen and oxygen atoms in total. The lowest BCUT2D eigenvalue weighted by Crippen LogP contribution is -2.10. The first-order chi connectivity index (χ1) is 9.56. The normalized spacial score (nSPS) is 12.7. The van der Waals surface area contributed by atoms with Gasteiger partial charge in [-0.1, -0.05) is 13.0 Å². The molecule has 0 fully saturated rings. The van der Waals surface area contributed by atoms with Gasteiger partial charge in [0.2, 0.25) is 0 Å². The average Bonchev–Trinajstić information content (AvgIpc) is 2.76. The predicted molar refractivity (Wildman–Crippen MR) is 82.6 cm³/mol. The van der Waals surface area contributed by atoms with Crippen LogP contribution in [0, 0.1) is 6.92 Å². The highest BCUT2D eigenvalue weighted by Crippen LogP contribution is 2.26. The molecule has 0 spiro atoms. The Bertz CT molecular complexity index is 578. The van der Waals surface area contributed by atoms with Crippen molar-refractivity contribution in [2.75, 3.05) is 0 Å². The van der Waals surface area contributed by atoms with Crippen molar-refractivity contribution in [3.63, 3.8) is 0 Å². The minimum absolute atomic E-state index is 0.511. The highest BCUT2D eigenvalue weighted by Gasteiger charge is 2.18. The molecule has 0 aliphatic rings. The third-order valence-electron chi connectivity index (χ3n) is 3.36. The van der Waals surface area contributed by atoms with Crippen molar-refractivity contribution >= 4 is 15.9 Å². The van der Waals surface area contributed by atoms with E-state index in [9.17, 15) is 5.11 Å². The van der Waals surface area contributed by atoms with E-state index < -0.39 is 6.10 Å². The summed E-state index contributed by atoms with van der Waals surface area (Å²) in [6.07, 6.45) is 2.55. The van der Waals surface area contributed by atoms with E-state index in [0.29, 0.717) is 12.1 Å². The molecule has 0 bridgehead atoms. The number of pyridine rings is 1. The van der Waals surface area contributed by atoms with E-state index in [1.54, 1.807) is 6.20 Å². The number of aryl methyl sites for hydroxylation is 3. The highest BCUT2D eigenvalue weighted by molar-refractivity contribution is 9.10. The Morgan fingerprint density at radius 2 is 2.10 bits per heavy atom. The van der Waals surface area contributed by atoms with Crippen molar-refractivity contribution in [1.29, 1.82) is 0 Å². The van der Waals surface area contributed by atoms with Gasteiger partial charge in [-0.05, 0) is 47.8 Å². The standard InChI is InChI=1S/C15H20BrN3O/c1-4-11-15(16)13(19(5-2)18-11)8-14(20)12-7-6-10(3)9-17-12/h6-7,9,14,20H,4-5,8H2,1-3H3. The zero-order chi connectivity index (χ0) is 14.7. The van der Waals surface area contributed by atoms with Crippen LogP contribution in [-0.4, -0.2) is 19.9 Å². The van der Waals surface area contributed by atoms with E-state index >= 15 is 0 Å². The Hall–Kier alpha value is -1.20. The topological polar surface area (TPSA) is 50.9 Å². The summed E-state index contributed by atoms with van der Waals surface area (Å²) in [5.74, 6) is 0. The lowest BCUT2D eigenvalue weighted by Gasteiger charge is -2.12. The van der Waals surface area contributed by atoms with Crippen molar-refractivity contribution in [2.45, 2.75) is 46.3 Å². The molecular weight excluding hydrogens is 318 g/mol. The van der Waals surface area contributed by atoms with Gasteiger partial charge in [-0.15, -0.1) is 0 Å². The summed E-state index contributed by atoms with van der Waals surface area (Å²) < 4.78 is 2.95. The second kappa shape index (κ2) is 6.50. The van der Waals surface area contributed by atoms with Crippen molar-refractivity contribution in [2.24, 2.45) is 0 Å². The van der Waals surface area contributed by atoms with Gasteiger partial charge in [-0.2, -0.15) is 5.10 Å². The fourth-order valence-electron chi connectivity index (χ4n) is 2.18. The van der Waals surface area contributed by atoms with E-state index in [0.717, 1.165) is 34.4 Å². The first-order valence-corrected chi connectivity index (χ1v) is 7.70. The molecule has 0 saturated heterocycles. The van der Waals surface area contributed by atoms with Crippen molar-refractivity contribution in [1.82, 2.24) is 14.8 Å². The van der Waals surface area contributed by atoms with E-state index in [1.807, 2.05) is 23.7 Å². The molecule has 0 aliphatic heterocycles. The Balaban J connectivity index is 2.25. The third-order valence-corrected chi connectivity index (χ3v) is 4.27. The lowest BCUT2D eigenvalue weighted by molar-refractivity contribution is 0.170. The molecule has 0 aromatic carbocycles. The number of nitrogens with zero attached hydrogens (tertiary/aromatic N) is 3. The number of rotatable bonds is 5. The second-order valence-corrected chi connectivity index (χ2v) is 5.65. The Kier molecular flexibility index (Phi) is 4.94. The van der Waals surface area contributed by atoms with E-state index in [1.165, 1.54) is 0 Å². The molecule has 1 unspecified atom stereocenters. The molecule has 1 N–H and O–H groups in total. The summed E-state index contributed by atoms with van der Waals surface area (Å²) in [4.78, 5) is 4.29. The van der Waals surface area contributed by atoms with Gasteiger partial charge >= 0.3 is 0 Å². The van der Waals surface area contributed by atoms with Crippen molar-refractivity contribution in [3.05, 3.63) is 45.4 Å². The number of aliphatic hydroxyl groups excluding tert-OH is 1. The number of hydrogen-bond acceptors (Lipinski definition) is 3. The molecule has 2 heterocycles. The highest BCUT2D eigenvalue weighted by atomic mass is 79.9. The SMILES string of the molecule is CCc1nn(CC)c(CC(O)c2ccc(C)cn2)c1Br. The summed E-state index contributed by atoms with van der Waals surface area (Å²) in [5.41, 5.74) is 3.85. The summed E-state index contributed by atoms with van der Waals surface area (Å²) in [5, 5.41) is 14.9. The van der Waals surface area contributed by atoms with Crippen LogP contribution in [-0.2, 0) is 19.4 Å². The molecule has 0 radical (unpaired) electrons. The van der Waals surface area contributed by atoms with Crippen LogP contribution >= 0.6 is 15.9 Å². The van der Waals surface area contributed by atoms with Gasteiger partial charge in [0.1, 0.15) is 6.10 Å². The van der Waals surface area contributed by atoms with Gasteiger partial charge < -0.3 is 5.11 Å². The lowest BCUT2D eigenvalue weighted by atomic mass is 10.1. The van der Waals surface area contributed by atoms with Gasteiger partial charge in [0.15, 0.2) is 0 Å². The molecule has 2 rings (SSSR count). The molecule has 20 heavy (non-hydrogen) atoms. The van der Waals surface area contributed by atoms with Crippen LogP contribution in [0.15, 0.2) is 22.8 Å². The molecule has 0 aliphatic carbocycles. The molecule has 108 valence electrons. The maximum absolute atomic E-state index is 10.4. The van der Waals surface area contributed by atoms with Crippen LogP contribution in [0.5, 0.6) is 0 Å². The maximum Gasteiger partial charge on any atom is 0.101 e. The third kappa shape index (κ3) is 3.10. The number of hydrogen-bond donors (Lipinski definition) is 1. The predicted octanol–water partition coefficient (Wildman–Crippen LogP) is 3.21. The van der Waals surface area contributed by atoms with E-state index in [2.05, 4.69) is 39.9 Å². The zero-order valence-corrected chi connectivity index (χ0v) is 13.7. The smallest absolute Gasteiger partial charge is 0.101 e. The molecular formula is C15H20BrN3O. The van der Waals surface area contributed by atoms with Crippen LogP contribution in [0.25, 0.3) is 0 Å². The van der Waals surface area contributed by atoms with Crippen LogP contribution in [0.3, 0.4) is 0 Å². The summed E-state index contributed by atoms with van der Waals surface area (Å²) in [6.45, 7) is 6.91. The van der Waals surface area contributed by atoms with E-state index in [4.69, 9.17) is 0 Å². The number of aliphatic hydroxyl groups is 1. The molecule has 1 atom stereocenters. The molecule has 2 aromatic rings. The van der Waals surface area contributed by atoms with Gasteiger partial charge in [0.05, 0.1) is 21.6 Å². The molecule has 0 amide bonds. The minimum Gasteiger partial charge on any atom is -0.386 e. The molecule has 0 saturated carbocycles. The Labute approximate surface area is 128 Å². The zero-order valence-electron chi connectivity index (χ0n) is 12.1. The first kappa shape index (κ1) is 15.2. The Morgan fingerprint density at radius 3 is 2.65 bits per heavy atom. The van der Waals surface area contributed by atoms with Crippen LogP contribution in [0.4, 0.5) is 0 Å². The van der Waals surface area contributed by atoms with Gasteiger partial charge in [-0.25, -0.2) is 0 Å².